The van der Waals surface area contributed by atoms with Crippen LogP contribution >= 0.6 is 24.0 Å². The molecule has 1 unspecified atom stereocenters. The minimum atomic E-state index is -0.351. The van der Waals surface area contributed by atoms with Crippen LogP contribution in [-0.4, -0.2) is 51.9 Å². The average Bonchev–Trinajstić information content (AvgIpc) is 3.10. The van der Waals surface area contributed by atoms with Gasteiger partial charge in [0, 0.05) is 31.7 Å². The summed E-state index contributed by atoms with van der Waals surface area (Å²) >= 11 is 6.67. The number of pyridine rings is 1. The lowest BCUT2D eigenvalue weighted by Crippen LogP contribution is -2.43. The average molecular weight is 517 g/mol. The third-order valence-electron chi connectivity index (χ3n) is 6.23. The number of anilines is 1. The fourth-order valence-corrected chi connectivity index (χ4v) is 5.88. The van der Waals surface area contributed by atoms with Crippen LogP contribution in [0.2, 0.25) is 0 Å². The molecule has 0 spiro atoms. The number of aromatic nitrogens is 1. The molecule has 0 bridgehead atoms. The highest BCUT2D eigenvalue weighted by Gasteiger charge is 2.34. The Labute approximate surface area is 215 Å². The second-order valence-corrected chi connectivity index (χ2v) is 10.4. The van der Waals surface area contributed by atoms with Gasteiger partial charge in [-0.2, -0.15) is 5.26 Å². The summed E-state index contributed by atoms with van der Waals surface area (Å²) in [6, 6.07) is 2.07. The largest absolute Gasteiger partial charge is 0.466 e. The lowest BCUT2D eigenvalue weighted by Gasteiger charge is -2.36. The van der Waals surface area contributed by atoms with Crippen molar-refractivity contribution < 1.29 is 14.3 Å². The second-order valence-electron chi connectivity index (χ2n) is 8.68. The summed E-state index contributed by atoms with van der Waals surface area (Å²) in [5.41, 5.74) is 0.891. The third kappa shape index (κ3) is 5.46. The predicted octanol–water partition coefficient (Wildman–Crippen LogP) is 3.83. The van der Waals surface area contributed by atoms with E-state index in [4.69, 9.17) is 17.0 Å². The second kappa shape index (κ2) is 11.9. The number of rotatable bonds is 8. The molecule has 2 fully saturated rings. The van der Waals surface area contributed by atoms with Crippen molar-refractivity contribution in [3.63, 3.8) is 0 Å². The first-order chi connectivity index (χ1) is 16.8. The third-order valence-corrected chi connectivity index (χ3v) is 7.61. The van der Waals surface area contributed by atoms with E-state index in [9.17, 15) is 19.6 Å². The van der Waals surface area contributed by atoms with Crippen LogP contribution < -0.4 is 10.5 Å². The number of hydrogen-bond donors (Lipinski definition) is 0. The van der Waals surface area contributed by atoms with Gasteiger partial charge in [-0.05, 0) is 51.2 Å². The van der Waals surface area contributed by atoms with E-state index in [2.05, 4.69) is 6.07 Å². The minimum absolute atomic E-state index is 0.0661. The number of amides is 1. The van der Waals surface area contributed by atoms with Gasteiger partial charge in [-0.1, -0.05) is 37.8 Å². The van der Waals surface area contributed by atoms with Crippen molar-refractivity contribution in [2.24, 2.45) is 5.92 Å². The number of nitriles is 1. The van der Waals surface area contributed by atoms with Crippen molar-refractivity contribution in [3.05, 3.63) is 31.9 Å². The number of thiocarbonyl (C=S) groups is 1. The van der Waals surface area contributed by atoms with Crippen LogP contribution in [-0.2, 0) is 20.9 Å². The molecule has 10 heteroatoms. The standard InChI is InChI=1S/C25H32N4O4S2/c1-5-10-28-21(27-12-8-9-17(15-27)24(32)33-7-3)18(16(4)19(14-26)22(28)30)13-20-23(31)29(11-6-2)25(34)35-20/h13,17H,5-12,15H2,1-4H3/b20-13+. The molecule has 8 nitrogen and oxygen atoms in total. The highest BCUT2D eigenvalue weighted by Crippen LogP contribution is 2.37. The Kier molecular flexibility index (Phi) is 9.14. The van der Waals surface area contributed by atoms with E-state index in [0.29, 0.717) is 71.8 Å². The number of thioether (sulfide) groups is 1. The maximum atomic E-state index is 13.3. The van der Waals surface area contributed by atoms with Crippen LogP contribution in [0, 0.1) is 24.2 Å². The summed E-state index contributed by atoms with van der Waals surface area (Å²) in [7, 11) is 0. The lowest BCUT2D eigenvalue weighted by atomic mass is 9.96. The first kappa shape index (κ1) is 27.0. The molecule has 3 rings (SSSR count). The Morgan fingerprint density at radius 3 is 2.60 bits per heavy atom. The van der Waals surface area contributed by atoms with Crippen LogP contribution in [0.1, 0.15) is 63.1 Å². The Hall–Kier alpha value is -2.64. The molecular formula is C25H32N4O4S2. The maximum absolute atomic E-state index is 13.3. The van der Waals surface area contributed by atoms with E-state index >= 15 is 0 Å². The Balaban J connectivity index is 2.20. The van der Waals surface area contributed by atoms with Gasteiger partial charge in [0.2, 0.25) is 0 Å². The summed E-state index contributed by atoms with van der Waals surface area (Å²) in [4.78, 5) is 43.0. The number of hydrogen-bond acceptors (Lipinski definition) is 8. The van der Waals surface area contributed by atoms with Crippen LogP contribution in [0.5, 0.6) is 0 Å². The van der Waals surface area contributed by atoms with Gasteiger partial charge in [0.25, 0.3) is 11.5 Å². The van der Waals surface area contributed by atoms with Gasteiger partial charge in [-0.15, -0.1) is 0 Å². The zero-order chi connectivity index (χ0) is 25.7. The molecule has 1 amide bonds. The molecule has 1 aromatic rings. The quantitative estimate of drug-likeness (QED) is 0.292. The number of esters is 1. The van der Waals surface area contributed by atoms with E-state index in [1.165, 1.54) is 11.8 Å². The molecule has 2 saturated heterocycles. The molecule has 1 atom stereocenters. The smallest absolute Gasteiger partial charge is 0.310 e. The van der Waals surface area contributed by atoms with Gasteiger partial charge < -0.3 is 9.64 Å². The van der Waals surface area contributed by atoms with Crippen LogP contribution in [0.15, 0.2) is 9.70 Å². The van der Waals surface area contributed by atoms with Crippen molar-refractivity contribution in [3.8, 4) is 6.07 Å². The molecule has 1 aromatic heterocycles. The van der Waals surface area contributed by atoms with E-state index in [1.54, 1.807) is 29.4 Å². The first-order valence-electron chi connectivity index (χ1n) is 12.1. The van der Waals surface area contributed by atoms with E-state index < -0.39 is 0 Å². The molecule has 0 aromatic carbocycles. The van der Waals surface area contributed by atoms with Crippen molar-refractivity contribution >= 4 is 52.1 Å². The summed E-state index contributed by atoms with van der Waals surface area (Å²) in [5, 5.41) is 9.80. The van der Waals surface area contributed by atoms with Crippen LogP contribution in [0.4, 0.5) is 5.82 Å². The van der Waals surface area contributed by atoms with Crippen molar-refractivity contribution in [1.29, 1.82) is 5.26 Å². The number of carbonyl (C=O) groups excluding carboxylic acids is 2. The number of carbonyl (C=O) groups is 2. The van der Waals surface area contributed by atoms with Gasteiger partial charge in [0.1, 0.15) is 21.8 Å². The number of piperidine rings is 1. The minimum Gasteiger partial charge on any atom is -0.466 e. The zero-order valence-corrected chi connectivity index (χ0v) is 22.4. The first-order valence-corrected chi connectivity index (χ1v) is 13.4. The summed E-state index contributed by atoms with van der Waals surface area (Å²) in [5.74, 6) is -0.0699. The Morgan fingerprint density at radius 1 is 1.26 bits per heavy atom. The zero-order valence-electron chi connectivity index (χ0n) is 20.8. The van der Waals surface area contributed by atoms with Gasteiger partial charge in [-0.3, -0.25) is 23.9 Å². The molecule has 0 radical (unpaired) electrons. The highest BCUT2D eigenvalue weighted by molar-refractivity contribution is 8.26. The molecule has 188 valence electrons. The fourth-order valence-electron chi connectivity index (χ4n) is 4.59. The van der Waals surface area contributed by atoms with Crippen LogP contribution in [0.3, 0.4) is 0 Å². The van der Waals surface area contributed by atoms with E-state index in [-0.39, 0.29) is 28.9 Å². The monoisotopic (exact) mass is 516 g/mol. The molecule has 2 aliphatic heterocycles. The van der Waals surface area contributed by atoms with Gasteiger partial charge in [0.15, 0.2) is 0 Å². The Morgan fingerprint density at radius 2 is 1.97 bits per heavy atom. The maximum Gasteiger partial charge on any atom is 0.310 e. The lowest BCUT2D eigenvalue weighted by molar-refractivity contribution is -0.148. The Bertz CT molecular complexity index is 1150. The molecule has 35 heavy (non-hydrogen) atoms. The van der Waals surface area contributed by atoms with Crippen molar-refractivity contribution in [2.45, 2.75) is 59.9 Å². The highest BCUT2D eigenvalue weighted by atomic mass is 32.2. The topological polar surface area (TPSA) is 95.6 Å². The normalized spacial score (nSPS) is 19.4. The van der Waals surface area contributed by atoms with Crippen molar-refractivity contribution in [1.82, 2.24) is 9.47 Å². The van der Waals surface area contributed by atoms with Crippen LogP contribution in [0.25, 0.3) is 6.08 Å². The molecule has 0 N–H and O–H groups in total. The van der Waals surface area contributed by atoms with Crippen molar-refractivity contribution in [2.75, 3.05) is 31.1 Å². The molecular weight excluding hydrogens is 484 g/mol. The predicted molar refractivity (Wildman–Crippen MR) is 142 cm³/mol. The fraction of sp³-hybridized carbons (Fsp3) is 0.560. The van der Waals surface area contributed by atoms with Gasteiger partial charge >= 0.3 is 5.97 Å². The molecule has 2 aliphatic rings. The molecule has 0 aliphatic carbocycles. The molecule has 0 saturated carbocycles. The van der Waals surface area contributed by atoms with E-state index in [1.807, 2.05) is 18.7 Å². The summed E-state index contributed by atoms with van der Waals surface area (Å²) in [6.07, 6.45) is 4.72. The number of ether oxygens (including phenoxy) is 1. The van der Waals surface area contributed by atoms with Gasteiger partial charge in [-0.25, -0.2) is 0 Å². The van der Waals surface area contributed by atoms with Gasteiger partial charge in [0.05, 0.1) is 17.4 Å². The number of nitrogens with zero attached hydrogens (tertiary/aromatic N) is 4. The van der Waals surface area contributed by atoms with E-state index in [0.717, 1.165) is 12.8 Å². The molecule has 3 heterocycles. The SMILES string of the molecule is CCCN1C(=O)/C(=C\c2c(C)c(C#N)c(=O)n(CCC)c2N2CCCC(C(=O)OCC)C2)SC1=S. The summed E-state index contributed by atoms with van der Waals surface area (Å²) < 4.78 is 7.40. The summed E-state index contributed by atoms with van der Waals surface area (Å²) in [6.45, 7) is 9.82.